The molecule has 1 N–H and O–H groups in total. The summed E-state index contributed by atoms with van der Waals surface area (Å²) in [5.41, 5.74) is 0. The van der Waals surface area contributed by atoms with Gasteiger partial charge in [0.05, 0.1) is 0 Å². The van der Waals surface area contributed by atoms with Crippen LogP contribution in [0.1, 0.15) is 33.1 Å². The molecule has 58 valence electrons. The van der Waals surface area contributed by atoms with Crippen LogP contribution in [0.15, 0.2) is 0 Å². The Kier molecular flexibility index (Phi) is 1.48. The van der Waals surface area contributed by atoms with E-state index in [1.807, 2.05) is 0 Å². The Morgan fingerprint density at radius 3 is 2.40 bits per heavy atom. The largest absolute Gasteiger partial charge is 0.311 e. The fourth-order valence-electron chi connectivity index (χ4n) is 2.60. The van der Waals surface area contributed by atoms with Crippen molar-refractivity contribution in [3.8, 4) is 0 Å². The first-order chi connectivity index (χ1) is 4.77. The molecule has 2 aliphatic heterocycles. The Morgan fingerprint density at radius 2 is 2.10 bits per heavy atom. The third-order valence-electron chi connectivity index (χ3n) is 3.21. The van der Waals surface area contributed by atoms with Gasteiger partial charge >= 0.3 is 0 Å². The molecule has 10 heavy (non-hydrogen) atoms. The second kappa shape index (κ2) is 2.23. The van der Waals surface area contributed by atoms with Crippen molar-refractivity contribution in [2.45, 2.75) is 45.2 Å². The third-order valence-corrected chi connectivity index (χ3v) is 3.21. The van der Waals surface area contributed by atoms with Crippen LogP contribution in [-0.4, -0.2) is 12.1 Å². The molecule has 2 bridgehead atoms. The van der Waals surface area contributed by atoms with Crippen molar-refractivity contribution in [2.24, 2.45) is 11.8 Å². The molecule has 0 radical (unpaired) electrons. The maximum absolute atomic E-state index is 3.66. The minimum Gasteiger partial charge on any atom is -0.311 e. The molecule has 0 aliphatic carbocycles. The molecule has 1 heteroatoms. The van der Waals surface area contributed by atoms with Gasteiger partial charge in [-0.1, -0.05) is 13.8 Å². The highest BCUT2D eigenvalue weighted by Crippen LogP contribution is 2.37. The summed E-state index contributed by atoms with van der Waals surface area (Å²) in [5, 5.41) is 3.66. The van der Waals surface area contributed by atoms with Gasteiger partial charge in [-0.2, -0.15) is 0 Å². The van der Waals surface area contributed by atoms with Gasteiger partial charge in [0.1, 0.15) is 0 Å². The van der Waals surface area contributed by atoms with Crippen molar-refractivity contribution in [3.63, 3.8) is 0 Å². The standard InChI is InChI=1S/C9H17N/c1-6(2)8-5-7-3-4-9(8)10-7/h6-10H,3-5H2,1-2H3/t7-,8?,9?/m0/s1. The van der Waals surface area contributed by atoms with Crippen LogP contribution in [0.3, 0.4) is 0 Å². The number of fused-ring (bicyclic) bond motifs is 2. The highest BCUT2D eigenvalue weighted by atomic mass is 15.0. The molecule has 2 saturated heterocycles. The molecule has 2 heterocycles. The molecule has 0 aromatic carbocycles. The molecule has 0 aromatic rings. The van der Waals surface area contributed by atoms with Crippen molar-refractivity contribution in [1.29, 1.82) is 0 Å². The first-order valence-electron chi connectivity index (χ1n) is 4.53. The molecule has 2 aliphatic rings. The van der Waals surface area contributed by atoms with Crippen LogP contribution in [0.4, 0.5) is 0 Å². The molecule has 0 amide bonds. The second-order valence-electron chi connectivity index (χ2n) is 4.19. The summed E-state index contributed by atoms with van der Waals surface area (Å²) in [6, 6.07) is 1.77. The first-order valence-corrected chi connectivity index (χ1v) is 4.53. The van der Waals surface area contributed by atoms with Crippen LogP contribution in [0.5, 0.6) is 0 Å². The number of hydrogen-bond donors (Lipinski definition) is 1. The third kappa shape index (κ3) is 0.878. The molecular formula is C9H17N. The highest BCUT2D eigenvalue weighted by Gasteiger charge is 2.39. The molecule has 2 unspecified atom stereocenters. The summed E-state index contributed by atoms with van der Waals surface area (Å²) in [6.45, 7) is 4.71. The average Bonchev–Trinajstić information content (AvgIpc) is 2.44. The Morgan fingerprint density at radius 1 is 1.30 bits per heavy atom. The van der Waals surface area contributed by atoms with Gasteiger partial charge in [0.2, 0.25) is 0 Å². The summed E-state index contributed by atoms with van der Waals surface area (Å²) >= 11 is 0. The zero-order chi connectivity index (χ0) is 7.14. The SMILES string of the molecule is CC(C)C1C[C@@H]2CCC1N2. The summed E-state index contributed by atoms with van der Waals surface area (Å²) in [7, 11) is 0. The predicted octanol–water partition coefficient (Wildman–Crippen LogP) is 1.78. The number of nitrogens with one attached hydrogen (secondary N) is 1. The Balaban J connectivity index is 2.02. The zero-order valence-corrected chi connectivity index (χ0v) is 6.93. The van der Waals surface area contributed by atoms with Crippen LogP contribution < -0.4 is 5.32 Å². The van der Waals surface area contributed by atoms with Gasteiger partial charge in [-0.05, 0) is 31.1 Å². The van der Waals surface area contributed by atoms with Crippen LogP contribution in [0.25, 0.3) is 0 Å². The van der Waals surface area contributed by atoms with Gasteiger partial charge in [-0.3, -0.25) is 0 Å². The fourth-order valence-corrected chi connectivity index (χ4v) is 2.60. The normalized spacial score (nSPS) is 45.3. The Bertz CT molecular complexity index is 131. The monoisotopic (exact) mass is 139 g/mol. The lowest BCUT2D eigenvalue weighted by atomic mass is 9.82. The average molecular weight is 139 g/mol. The van der Waals surface area contributed by atoms with Gasteiger partial charge in [-0.25, -0.2) is 0 Å². The molecule has 0 saturated carbocycles. The minimum atomic E-state index is 0.880. The van der Waals surface area contributed by atoms with E-state index in [2.05, 4.69) is 19.2 Å². The van der Waals surface area contributed by atoms with E-state index in [9.17, 15) is 0 Å². The van der Waals surface area contributed by atoms with Crippen molar-refractivity contribution >= 4 is 0 Å². The minimum absolute atomic E-state index is 0.880. The number of rotatable bonds is 1. The quantitative estimate of drug-likeness (QED) is 0.584. The highest BCUT2D eigenvalue weighted by molar-refractivity contribution is 4.97. The number of hydrogen-bond acceptors (Lipinski definition) is 1. The van der Waals surface area contributed by atoms with Gasteiger partial charge in [-0.15, -0.1) is 0 Å². The lowest BCUT2D eigenvalue weighted by molar-refractivity contribution is 0.311. The van der Waals surface area contributed by atoms with E-state index in [0.29, 0.717) is 0 Å². The van der Waals surface area contributed by atoms with E-state index in [1.54, 1.807) is 0 Å². The van der Waals surface area contributed by atoms with E-state index in [1.165, 1.54) is 19.3 Å². The fraction of sp³-hybridized carbons (Fsp3) is 1.00. The maximum atomic E-state index is 3.66. The predicted molar refractivity (Wildman–Crippen MR) is 42.9 cm³/mol. The van der Waals surface area contributed by atoms with E-state index < -0.39 is 0 Å². The van der Waals surface area contributed by atoms with Crippen LogP contribution in [0, 0.1) is 11.8 Å². The van der Waals surface area contributed by atoms with Gasteiger partial charge in [0.25, 0.3) is 0 Å². The molecule has 0 aromatic heterocycles. The zero-order valence-electron chi connectivity index (χ0n) is 6.93. The van der Waals surface area contributed by atoms with Gasteiger partial charge < -0.3 is 5.32 Å². The van der Waals surface area contributed by atoms with Crippen LogP contribution in [0.2, 0.25) is 0 Å². The molecule has 0 spiro atoms. The lowest BCUT2D eigenvalue weighted by Crippen LogP contribution is -2.25. The Hall–Kier alpha value is -0.0400. The molecular weight excluding hydrogens is 122 g/mol. The summed E-state index contributed by atoms with van der Waals surface area (Å²) in [6.07, 6.45) is 4.32. The van der Waals surface area contributed by atoms with Crippen molar-refractivity contribution in [1.82, 2.24) is 5.32 Å². The maximum Gasteiger partial charge on any atom is 0.0101 e. The van der Waals surface area contributed by atoms with Crippen molar-refractivity contribution in [2.75, 3.05) is 0 Å². The molecule has 2 rings (SSSR count). The van der Waals surface area contributed by atoms with E-state index >= 15 is 0 Å². The van der Waals surface area contributed by atoms with E-state index in [0.717, 1.165) is 23.9 Å². The molecule has 3 atom stereocenters. The summed E-state index contributed by atoms with van der Waals surface area (Å²) in [4.78, 5) is 0. The van der Waals surface area contributed by atoms with Crippen LogP contribution in [-0.2, 0) is 0 Å². The van der Waals surface area contributed by atoms with Crippen molar-refractivity contribution < 1.29 is 0 Å². The molecule has 2 fully saturated rings. The Labute approximate surface area is 63.2 Å². The topological polar surface area (TPSA) is 12.0 Å². The second-order valence-corrected chi connectivity index (χ2v) is 4.19. The van der Waals surface area contributed by atoms with E-state index in [-0.39, 0.29) is 0 Å². The summed E-state index contributed by atoms with van der Waals surface area (Å²) < 4.78 is 0. The van der Waals surface area contributed by atoms with Gasteiger partial charge in [0.15, 0.2) is 0 Å². The first kappa shape index (κ1) is 6.66. The van der Waals surface area contributed by atoms with E-state index in [4.69, 9.17) is 0 Å². The summed E-state index contributed by atoms with van der Waals surface area (Å²) in [5.74, 6) is 1.88. The molecule has 1 nitrogen and oxygen atoms in total. The van der Waals surface area contributed by atoms with Gasteiger partial charge in [0, 0.05) is 12.1 Å². The van der Waals surface area contributed by atoms with Crippen LogP contribution >= 0.6 is 0 Å². The smallest absolute Gasteiger partial charge is 0.0101 e. The van der Waals surface area contributed by atoms with Crippen molar-refractivity contribution in [3.05, 3.63) is 0 Å². The lowest BCUT2D eigenvalue weighted by Gasteiger charge is -2.23.